The Labute approximate surface area is 225 Å². The maximum atomic E-state index is 13.7. The third-order valence-corrected chi connectivity index (χ3v) is 7.08. The number of ether oxygens (including phenoxy) is 1. The molecular weight excluding hydrogens is 504 g/mol. The number of Topliss-reactive ketones (excluding diaryl/α,β-unsaturated/α-hetero) is 1. The van der Waals surface area contributed by atoms with Gasteiger partial charge in [-0.3, -0.25) is 19.3 Å². The van der Waals surface area contributed by atoms with Gasteiger partial charge in [-0.2, -0.15) is 0 Å². The van der Waals surface area contributed by atoms with Gasteiger partial charge in [0.25, 0.3) is 11.8 Å². The fourth-order valence-corrected chi connectivity index (χ4v) is 4.75. The number of aliphatic hydroxyl groups excluding tert-OH is 1. The second-order valence-corrected chi connectivity index (χ2v) is 11.4. The van der Waals surface area contributed by atoms with Gasteiger partial charge in [0, 0.05) is 19.7 Å². The zero-order chi connectivity index (χ0) is 27.8. The highest BCUT2D eigenvalue weighted by Gasteiger charge is 2.46. The highest BCUT2D eigenvalue weighted by atomic mass is 32.1. The van der Waals surface area contributed by atoms with Crippen LogP contribution in [-0.4, -0.2) is 58.5 Å². The summed E-state index contributed by atoms with van der Waals surface area (Å²) in [5, 5.41) is 20.0. The molecule has 9 nitrogen and oxygen atoms in total. The summed E-state index contributed by atoms with van der Waals surface area (Å²) in [5.41, 5.74) is 1.89. The lowest BCUT2D eigenvalue weighted by Gasteiger charge is -2.25. The largest absolute Gasteiger partial charge is 0.503 e. The van der Waals surface area contributed by atoms with Gasteiger partial charge < -0.3 is 14.7 Å². The second-order valence-electron chi connectivity index (χ2n) is 10.2. The molecule has 0 bridgehead atoms. The molecule has 2 heterocycles. The summed E-state index contributed by atoms with van der Waals surface area (Å²) in [6.07, 6.45) is 0. The van der Waals surface area contributed by atoms with Crippen LogP contribution in [0.25, 0.3) is 0 Å². The van der Waals surface area contributed by atoms with Gasteiger partial charge in [-0.25, -0.2) is 0 Å². The predicted molar refractivity (Wildman–Crippen MR) is 145 cm³/mol. The number of rotatable bonds is 7. The number of aryl methyl sites for hydroxylation is 1. The van der Waals surface area contributed by atoms with Gasteiger partial charge in [-0.05, 0) is 47.7 Å². The fraction of sp³-hybridized carbons (Fsp3) is 0.321. The number of carbonyl (C=O) groups is 3. The standard InChI is InChI=1S/C28H30N4O5S/c1-16-29-30-27(38-16)32-23(17-7-11-19(12-8-17)28(2,3)4)22(25(35)26(32)36)24(34)18-9-13-20(14-10-18)37-15-21(33)31(5)6/h7-14,23,35H,15H2,1-6H3. The van der Waals surface area contributed by atoms with Crippen LogP contribution in [-0.2, 0) is 15.0 Å². The number of anilines is 1. The monoisotopic (exact) mass is 534 g/mol. The van der Waals surface area contributed by atoms with E-state index < -0.39 is 23.5 Å². The van der Waals surface area contributed by atoms with Crippen molar-refractivity contribution in [2.75, 3.05) is 25.6 Å². The molecule has 0 radical (unpaired) electrons. The zero-order valence-corrected chi connectivity index (χ0v) is 23.0. The quantitative estimate of drug-likeness (QED) is 0.447. The minimum absolute atomic E-state index is 0.0391. The SMILES string of the molecule is Cc1nnc(N2C(=O)C(O)=C(C(=O)c3ccc(OCC(=O)N(C)C)cc3)C2c2ccc(C(C)(C)C)cc2)s1. The number of nitrogens with zero attached hydrogens (tertiary/aromatic N) is 4. The molecule has 1 N–H and O–H groups in total. The number of hydrogen-bond donors (Lipinski definition) is 1. The van der Waals surface area contributed by atoms with Crippen LogP contribution in [0.2, 0.25) is 0 Å². The first-order valence-corrected chi connectivity index (χ1v) is 12.8. The molecule has 1 atom stereocenters. The topological polar surface area (TPSA) is 113 Å². The number of aromatic nitrogens is 2. The van der Waals surface area contributed by atoms with Gasteiger partial charge in [-0.1, -0.05) is 56.4 Å². The maximum absolute atomic E-state index is 13.7. The van der Waals surface area contributed by atoms with Crippen LogP contribution >= 0.6 is 11.3 Å². The highest BCUT2D eigenvalue weighted by Crippen LogP contribution is 2.43. The molecule has 198 valence electrons. The second kappa shape index (κ2) is 10.4. The van der Waals surface area contributed by atoms with Gasteiger partial charge >= 0.3 is 0 Å². The van der Waals surface area contributed by atoms with E-state index in [1.807, 2.05) is 24.3 Å². The van der Waals surface area contributed by atoms with Crippen LogP contribution in [0.5, 0.6) is 5.75 Å². The van der Waals surface area contributed by atoms with Crippen molar-refractivity contribution in [2.45, 2.75) is 39.2 Å². The molecule has 2 aromatic carbocycles. The lowest BCUT2D eigenvalue weighted by molar-refractivity contribution is -0.130. The Hall–Kier alpha value is -4.05. The van der Waals surface area contributed by atoms with E-state index in [4.69, 9.17) is 4.74 Å². The van der Waals surface area contributed by atoms with E-state index >= 15 is 0 Å². The smallest absolute Gasteiger partial charge is 0.296 e. The number of carbonyl (C=O) groups excluding carboxylic acids is 3. The first-order valence-electron chi connectivity index (χ1n) is 12.0. The molecular formula is C28H30N4O5S. The number of benzene rings is 2. The molecule has 0 fully saturated rings. The third kappa shape index (κ3) is 5.31. The number of ketones is 1. The summed E-state index contributed by atoms with van der Waals surface area (Å²) in [6.45, 7) is 7.93. The molecule has 10 heteroatoms. The van der Waals surface area contributed by atoms with Gasteiger partial charge in [0.05, 0.1) is 11.6 Å². The number of aliphatic hydroxyl groups is 1. The van der Waals surface area contributed by atoms with E-state index in [1.165, 1.54) is 21.1 Å². The molecule has 0 saturated heterocycles. The number of likely N-dealkylation sites (N-methyl/N-ethyl adjacent to an activating group) is 1. The minimum Gasteiger partial charge on any atom is -0.503 e. The van der Waals surface area contributed by atoms with Crippen molar-refractivity contribution >= 4 is 34.1 Å². The first kappa shape index (κ1) is 27.0. The molecule has 0 aliphatic carbocycles. The first-order chi connectivity index (χ1) is 17.9. The Bertz CT molecular complexity index is 1400. The summed E-state index contributed by atoms with van der Waals surface area (Å²) in [5.74, 6) is -1.61. The van der Waals surface area contributed by atoms with Crippen molar-refractivity contribution in [3.05, 3.63) is 81.6 Å². The van der Waals surface area contributed by atoms with Crippen molar-refractivity contribution in [2.24, 2.45) is 0 Å². The average molecular weight is 535 g/mol. The van der Waals surface area contributed by atoms with Gasteiger partial charge in [-0.15, -0.1) is 10.2 Å². The van der Waals surface area contributed by atoms with E-state index in [0.29, 0.717) is 21.5 Å². The minimum atomic E-state index is -0.884. The summed E-state index contributed by atoms with van der Waals surface area (Å²) in [7, 11) is 3.27. The summed E-state index contributed by atoms with van der Waals surface area (Å²) >= 11 is 1.20. The Morgan fingerprint density at radius 2 is 1.68 bits per heavy atom. The third-order valence-electron chi connectivity index (χ3n) is 6.24. The Morgan fingerprint density at radius 1 is 1.05 bits per heavy atom. The predicted octanol–water partition coefficient (Wildman–Crippen LogP) is 4.39. The lowest BCUT2D eigenvalue weighted by Crippen LogP contribution is -2.31. The van der Waals surface area contributed by atoms with Crippen LogP contribution in [0, 0.1) is 6.92 Å². The molecule has 1 aliphatic heterocycles. The van der Waals surface area contributed by atoms with E-state index in [2.05, 4.69) is 31.0 Å². The maximum Gasteiger partial charge on any atom is 0.296 e. The Balaban J connectivity index is 1.70. The van der Waals surface area contributed by atoms with Crippen LogP contribution < -0.4 is 9.64 Å². The van der Waals surface area contributed by atoms with Crippen LogP contribution in [0.15, 0.2) is 59.9 Å². The highest BCUT2D eigenvalue weighted by molar-refractivity contribution is 7.15. The van der Waals surface area contributed by atoms with E-state index in [9.17, 15) is 19.5 Å². The van der Waals surface area contributed by atoms with Crippen LogP contribution in [0.3, 0.4) is 0 Å². The summed E-state index contributed by atoms with van der Waals surface area (Å²) in [6, 6.07) is 13.0. The average Bonchev–Trinajstić information content (AvgIpc) is 3.42. The molecule has 1 unspecified atom stereocenters. The Kier molecular flexibility index (Phi) is 7.37. The van der Waals surface area contributed by atoms with E-state index in [1.54, 1.807) is 45.3 Å². The molecule has 2 amide bonds. The Morgan fingerprint density at radius 3 is 2.21 bits per heavy atom. The molecule has 3 aromatic rings. The lowest BCUT2D eigenvalue weighted by atomic mass is 9.85. The summed E-state index contributed by atoms with van der Waals surface area (Å²) < 4.78 is 5.49. The van der Waals surface area contributed by atoms with Crippen molar-refractivity contribution in [3.8, 4) is 5.75 Å². The molecule has 4 rings (SSSR count). The molecule has 0 saturated carbocycles. The van der Waals surface area contributed by atoms with Crippen molar-refractivity contribution < 1.29 is 24.2 Å². The van der Waals surface area contributed by atoms with E-state index in [-0.39, 0.29) is 29.1 Å². The fourth-order valence-electron chi connectivity index (χ4n) is 4.03. The van der Waals surface area contributed by atoms with Gasteiger partial charge in [0.15, 0.2) is 18.1 Å². The molecule has 1 aromatic heterocycles. The zero-order valence-electron chi connectivity index (χ0n) is 22.2. The number of hydrogen-bond acceptors (Lipinski definition) is 8. The number of amides is 2. The van der Waals surface area contributed by atoms with E-state index in [0.717, 1.165) is 5.56 Å². The van der Waals surface area contributed by atoms with Gasteiger partial charge in [0.2, 0.25) is 5.13 Å². The van der Waals surface area contributed by atoms with Crippen LogP contribution in [0.1, 0.15) is 53.3 Å². The molecule has 0 spiro atoms. The molecule has 1 aliphatic rings. The normalized spacial score (nSPS) is 15.7. The summed E-state index contributed by atoms with van der Waals surface area (Å²) in [4.78, 5) is 41.5. The molecule has 38 heavy (non-hydrogen) atoms. The van der Waals surface area contributed by atoms with Gasteiger partial charge in [0.1, 0.15) is 10.8 Å². The van der Waals surface area contributed by atoms with Crippen molar-refractivity contribution in [3.63, 3.8) is 0 Å². The van der Waals surface area contributed by atoms with Crippen molar-refractivity contribution in [1.29, 1.82) is 0 Å². The van der Waals surface area contributed by atoms with Crippen molar-refractivity contribution in [1.82, 2.24) is 15.1 Å². The van der Waals surface area contributed by atoms with Crippen LogP contribution in [0.4, 0.5) is 5.13 Å².